The molecule has 0 aromatic carbocycles. The molecule has 0 saturated heterocycles. The van der Waals surface area contributed by atoms with Crippen LogP contribution in [-0.4, -0.2) is 28.8 Å². The summed E-state index contributed by atoms with van der Waals surface area (Å²) in [4.78, 5) is 9.79. The first-order valence-electron chi connectivity index (χ1n) is 12.3. The van der Waals surface area contributed by atoms with Crippen LogP contribution in [0.25, 0.3) is 0 Å². The zero-order valence-electron chi connectivity index (χ0n) is 22.0. The molecule has 0 aromatic rings. The van der Waals surface area contributed by atoms with Crippen molar-refractivity contribution in [2.45, 2.75) is 112 Å². The fourth-order valence-corrected chi connectivity index (χ4v) is 4.41. The lowest BCUT2D eigenvalue weighted by molar-refractivity contribution is 0.161. The molecule has 1 aliphatic heterocycles. The van der Waals surface area contributed by atoms with Crippen molar-refractivity contribution >= 4 is 11.9 Å². The van der Waals surface area contributed by atoms with Crippen LogP contribution in [0.5, 0.6) is 0 Å². The molecule has 0 radical (unpaired) electrons. The van der Waals surface area contributed by atoms with E-state index in [4.69, 9.17) is 15.7 Å². The monoisotopic (exact) mass is 448 g/mol. The Hall–Kier alpha value is -1.38. The third-order valence-electron chi connectivity index (χ3n) is 8.84. The highest BCUT2D eigenvalue weighted by molar-refractivity contribution is 6.00. The molecule has 1 heterocycles. The molecule has 0 spiro atoms. The van der Waals surface area contributed by atoms with E-state index < -0.39 is 5.79 Å². The van der Waals surface area contributed by atoms with Gasteiger partial charge in [0.25, 0.3) is 0 Å². The van der Waals surface area contributed by atoms with Gasteiger partial charge in [-0.2, -0.15) is 0 Å². The quantitative estimate of drug-likeness (QED) is 0.360. The van der Waals surface area contributed by atoms with Crippen LogP contribution in [0.4, 0.5) is 0 Å². The first kappa shape index (κ1) is 25.2. The van der Waals surface area contributed by atoms with Crippen molar-refractivity contribution in [2.75, 3.05) is 0 Å². The van der Waals surface area contributed by atoms with Gasteiger partial charge in [0.15, 0.2) is 0 Å². The van der Waals surface area contributed by atoms with Gasteiger partial charge in [-0.25, -0.2) is 20.8 Å². The number of hydrogen-bond acceptors (Lipinski definition) is 8. The summed E-state index contributed by atoms with van der Waals surface area (Å²) in [5, 5.41) is 3.30. The van der Waals surface area contributed by atoms with E-state index in [0.29, 0.717) is 17.8 Å². The van der Waals surface area contributed by atoms with Crippen molar-refractivity contribution in [3.05, 3.63) is 0 Å². The number of hydrazine groups is 2. The van der Waals surface area contributed by atoms with Crippen LogP contribution in [0.2, 0.25) is 0 Å². The Bertz CT molecular complexity index is 707. The molecule has 0 amide bonds. The Labute approximate surface area is 195 Å². The molecule has 3 aliphatic rings. The van der Waals surface area contributed by atoms with Gasteiger partial charge in [-0.1, -0.05) is 48.0 Å². The van der Waals surface area contributed by atoms with Crippen molar-refractivity contribution in [2.24, 2.45) is 44.3 Å². The predicted molar refractivity (Wildman–Crippen MR) is 133 cm³/mol. The minimum Gasteiger partial charge on any atom is -0.295 e. The number of nitrogens with zero attached hydrogens (tertiary/aromatic N) is 2. The molecular weight excluding hydrogens is 400 g/mol. The molecular formula is C24H48N8. The highest BCUT2D eigenvalue weighted by Crippen LogP contribution is 2.52. The number of fused-ring (bicyclic) bond motifs is 2. The van der Waals surface area contributed by atoms with Gasteiger partial charge in [0.05, 0.1) is 0 Å². The summed E-state index contributed by atoms with van der Waals surface area (Å²) >= 11 is 0. The lowest BCUT2D eigenvalue weighted by Crippen LogP contribution is -2.67. The van der Waals surface area contributed by atoms with E-state index in [0.717, 1.165) is 12.3 Å². The molecule has 32 heavy (non-hydrogen) atoms. The van der Waals surface area contributed by atoms with Crippen LogP contribution in [0.1, 0.15) is 94.9 Å². The molecule has 8 nitrogen and oxygen atoms in total. The van der Waals surface area contributed by atoms with Crippen LogP contribution in [0.15, 0.2) is 9.98 Å². The summed E-state index contributed by atoms with van der Waals surface area (Å²) in [5.41, 5.74) is 20.2. The van der Waals surface area contributed by atoms with E-state index in [1.54, 1.807) is 0 Å². The van der Waals surface area contributed by atoms with E-state index in [1.165, 1.54) is 19.3 Å². The third-order valence-corrected chi connectivity index (χ3v) is 8.84. The lowest BCUT2D eigenvalue weighted by atomic mass is 9.77. The maximum absolute atomic E-state index is 6.93. The van der Waals surface area contributed by atoms with Crippen LogP contribution in [0.3, 0.4) is 0 Å². The van der Waals surface area contributed by atoms with Crippen molar-refractivity contribution < 1.29 is 0 Å². The zero-order chi connectivity index (χ0) is 24.2. The van der Waals surface area contributed by atoms with Crippen LogP contribution >= 0.6 is 0 Å². The fourth-order valence-electron chi connectivity index (χ4n) is 4.41. The standard InChI is InChI=1S/C24H48N8/c1-20(2,3)22(7,8)31-29-18-26-19(30-32-23(9,10)21(4,5)6)28-24(25,27-18)17-14-15-11-12-16(17)13-15/h15-17,31-32H,11-14,25H2,1-10H3,(H3,26,27,28,29,30). The maximum Gasteiger partial charge on any atom is 0.216 e. The molecule has 2 fully saturated rings. The Balaban J connectivity index is 1.81. The smallest absolute Gasteiger partial charge is 0.216 e. The molecule has 3 rings (SSSR count). The van der Waals surface area contributed by atoms with E-state index in [-0.39, 0.29) is 27.8 Å². The number of guanidine groups is 2. The first-order chi connectivity index (χ1) is 14.4. The Kier molecular flexibility index (Phi) is 6.42. The average molecular weight is 449 g/mol. The van der Waals surface area contributed by atoms with E-state index >= 15 is 0 Å². The first-order valence-corrected chi connectivity index (χ1v) is 12.3. The van der Waals surface area contributed by atoms with Gasteiger partial charge in [0, 0.05) is 17.0 Å². The van der Waals surface area contributed by atoms with Crippen LogP contribution < -0.4 is 32.8 Å². The van der Waals surface area contributed by atoms with Crippen molar-refractivity contribution in [1.82, 2.24) is 27.0 Å². The fraction of sp³-hybridized carbons (Fsp3) is 0.917. The Morgan fingerprint density at radius 2 is 1.25 bits per heavy atom. The van der Waals surface area contributed by atoms with Gasteiger partial charge < -0.3 is 0 Å². The van der Waals surface area contributed by atoms with Gasteiger partial charge in [-0.15, -0.1) is 0 Å². The minimum atomic E-state index is -0.975. The summed E-state index contributed by atoms with van der Waals surface area (Å²) in [6, 6.07) is 0. The van der Waals surface area contributed by atoms with Gasteiger partial charge >= 0.3 is 0 Å². The summed E-state index contributed by atoms with van der Waals surface area (Å²) in [5.74, 6) is 1.87. The summed E-state index contributed by atoms with van der Waals surface area (Å²) in [6.45, 7) is 22.0. The largest absolute Gasteiger partial charge is 0.295 e. The second kappa shape index (κ2) is 8.13. The van der Waals surface area contributed by atoms with Crippen LogP contribution in [0, 0.1) is 28.6 Å². The molecule has 2 bridgehead atoms. The second-order valence-electron chi connectivity index (χ2n) is 13.4. The van der Waals surface area contributed by atoms with Crippen LogP contribution in [-0.2, 0) is 0 Å². The molecule has 7 N–H and O–H groups in total. The van der Waals surface area contributed by atoms with Gasteiger partial charge in [0.2, 0.25) is 17.7 Å². The zero-order valence-corrected chi connectivity index (χ0v) is 22.0. The Morgan fingerprint density at radius 1 is 0.781 bits per heavy atom. The lowest BCUT2D eigenvalue weighted by Gasteiger charge is -2.42. The highest BCUT2D eigenvalue weighted by Gasteiger charge is 2.51. The van der Waals surface area contributed by atoms with Crippen molar-refractivity contribution in [1.29, 1.82) is 0 Å². The summed E-state index contributed by atoms with van der Waals surface area (Å²) in [7, 11) is 0. The number of rotatable bonds is 5. The number of hydrogen-bond donors (Lipinski definition) is 6. The van der Waals surface area contributed by atoms with Crippen molar-refractivity contribution in [3.8, 4) is 0 Å². The summed E-state index contributed by atoms with van der Waals surface area (Å²) < 4.78 is 0. The average Bonchev–Trinajstić information content (AvgIpc) is 3.27. The molecule has 184 valence electrons. The van der Waals surface area contributed by atoms with Crippen molar-refractivity contribution in [3.63, 3.8) is 0 Å². The topological polar surface area (TPSA) is 111 Å². The summed E-state index contributed by atoms with van der Waals surface area (Å²) in [6.07, 6.45) is 4.93. The number of nitrogens with two attached hydrogens (primary N) is 1. The maximum atomic E-state index is 6.93. The molecule has 3 atom stereocenters. The van der Waals surface area contributed by atoms with Gasteiger partial charge in [-0.3, -0.25) is 21.9 Å². The molecule has 2 aliphatic carbocycles. The van der Waals surface area contributed by atoms with Gasteiger partial charge in [0.1, 0.15) is 0 Å². The Morgan fingerprint density at radius 3 is 1.59 bits per heavy atom. The molecule has 8 heteroatoms. The normalized spacial score (nSPS) is 28.2. The molecule has 0 aromatic heterocycles. The third kappa shape index (κ3) is 5.07. The number of nitrogens with one attached hydrogen (secondary N) is 5. The number of aliphatic imine (C=N–C) groups is 2. The molecule has 3 unspecified atom stereocenters. The molecule has 2 saturated carbocycles. The van der Waals surface area contributed by atoms with E-state index in [9.17, 15) is 0 Å². The SMILES string of the molecule is CC(C)(C)C(C)(C)NNC1=NC(N)(C2CC3CCC2C3)N=C(NNC(C)(C)C(C)(C)C)N1. The highest BCUT2D eigenvalue weighted by atomic mass is 15.5. The van der Waals surface area contributed by atoms with E-state index in [2.05, 4.69) is 96.3 Å². The van der Waals surface area contributed by atoms with E-state index in [1.807, 2.05) is 0 Å². The minimum absolute atomic E-state index is 0.0487. The van der Waals surface area contributed by atoms with Gasteiger partial charge in [-0.05, 0) is 69.6 Å². The second-order valence-corrected chi connectivity index (χ2v) is 13.4. The predicted octanol–water partition coefficient (Wildman–Crippen LogP) is 3.19.